The molecule has 0 aliphatic carbocycles. The number of hydrogen-bond acceptors (Lipinski definition) is 3. The summed E-state index contributed by atoms with van der Waals surface area (Å²) in [6.07, 6.45) is 7.59. The van der Waals surface area contributed by atoms with Crippen molar-refractivity contribution in [1.29, 1.82) is 0 Å². The fourth-order valence-electron chi connectivity index (χ4n) is 2.96. The second kappa shape index (κ2) is 9.74. The molecule has 1 heterocycles. The SMILES string of the molecule is Cc1ccc(C)c(OCCCCC(=O)NCc2cccc(-n3ccnc3)c2)c1. The molecule has 146 valence electrons. The van der Waals surface area contributed by atoms with Crippen LogP contribution in [-0.2, 0) is 11.3 Å². The Bertz CT molecular complexity index is 904. The number of aromatic nitrogens is 2. The fraction of sp³-hybridized carbons (Fsp3) is 0.304. The van der Waals surface area contributed by atoms with Gasteiger partial charge in [-0.3, -0.25) is 4.79 Å². The molecule has 5 nitrogen and oxygen atoms in total. The van der Waals surface area contributed by atoms with E-state index in [9.17, 15) is 4.79 Å². The largest absolute Gasteiger partial charge is 0.493 e. The van der Waals surface area contributed by atoms with Gasteiger partial charge in [-0.1, -0.05) is 24.3 Å². The Hall–Kier alpha value is -3.08. The van der Waals surface area contributed by atoms with Gasteiger partial charge in [0, 0.05) is 31.0 Å². The van der Waals surface area contributed by atoms with Gasteiger partial charge in [0.05, 0.1) is 12.9 Å². The number of hydrogen-bond donors (Lipinski definition) is 1. The third kappa shape index (κ3) is 5.71. The summed E-state index contributed by atoms with van der Waals surface area (Å²) in [5, 5.41) is 2.99. The Kier molecular flexibility index (Phi) is 6.84. The van der Waals surface area contributed by atoms with Gasteiger partial charge in [0.1, 0.15) is 5.75 Å². The summed E-state index contributed by atoms with van der Waals surface area (Å²) in [7, 11) is 0. The van der Waals surface area contributed by atoms with Crippen molar-refractivity contribution in [2.24, 2.45) is 0 Å². The Morgan fingerprint density at radius 3 is 2.86 bits per heavy atom. The van der Waals surface area contributed by atoms with Gasteiger partial charge >= 0.3 is 0 Å². The first kappa shape index (κ1) is 19.7. The van der Waals surface area contributed by atoms with Crippen LogP contribution in [0.5, 0.6) is 5.75 Å². The average molecular weight is 377 g/mol. The summed E-state index contributed by atoms with van der Waals surface area (Å²) >= 11 is 0. The Labute approximate surface area is 166 Å². The highest BCUT2D eigenvalue weighted by Crippen LogP contribution is 2.19. The first-order valence-corrected chi connectivity index (χ1v) is 9.66. The number of nitrogens with one attached hydrogen (secondary N) is 1. The maximum absolute atomic E-state index is 12.1. The maximum atomic E-state index is 12.1. The molecule has 0 aliphatic rings. The highest BCUT2D eigenvalue weighted by Gasteiger charge is 2.04. The van der Waals surface area contributed by atoms with E-state index in [-0.39, 0.29) is 5.91 Å². The number of amides is 1. The molecule has 0 atom stereocenters. The van der Waals surface area contributed by atoms with Crippen LogP contribution in [0, 0.1) is 13.8 Å². The molecule has 0 spiro atoms. The lowest BCUT2D eigenvalue weighted by Crippen LogP contribution is -2.22. The van der Waals surface area contributed by atoms with Gasteiger partial charge in [-0.25, -0.2) is 4.98 Å². The van der Waals surface area contributed by atoms with E-state index < -0.39 is 0 Å². The normalized spacial score (nSPS) is 10.6. The van der Waals surface area contributed by atoms with E-state index in [0.717, 1.165) is 35.4 Å². The second-order valence-corrected chi connectivity index (χ2v) is 6.99. The number of carbonyl (C=O) groups is 1. The van der Waals surface area contributed by atoms with E-state index in [1.165, 1.54) is 5.56 Å². The van der Waals surface area contributed by atoms with Crippen molar-refractivity contribution in [2.45, 2.75) is 39.7 Å². The number of benzene rings is 2. The van der Waals surface area contributed by atoms with Crippen LogP contribution in [0.4, 0.5) is 0 Å². The number of carbonyl (C=O) groups excluding carboxylic acids is 1. The van der Waals surface area contributed by atoms with Gasteiger partial charge in [0.25, 0.3) is 0 Å². The standard InChI is InChI=1S/C23H27N3O2/c1-18-9-10-19(2)22(14-18)28-13-4-3-8-23(27)25-16-20-6-5-7-21(15-20)26-12-11-24-17-26/h5-7,9-12,14-15,17H,3-4,8,13,16H2,1-2H3,(H,25,27). The first-order valence-electron chi connectivity index (χ1n) is 9.66. The van der Waals surface area contributed by atoms with E-state index >= 15 is 0 Å². The Morgan fingerprint density at radius 1 is 1.14 bits per heavy atom. The molecule has 0 bridgehead atoms. The van der Waals surface area contributed by atoms with Crippen molar-refractivity contribution in [3.63, 3.8) is 0 Å². The topological polar surface area (TPSA) is 56.1 Å². The minimum absolute atomic E-state index is 0.0692. The number of rotatable bonds is 9. The van der Waals surface area contributed by atoms with Gasteiger partial charge < -0.3 is 14.6 Å². The Morgan fingerprint density at radius 2 is 2.04 bits per heavy atom. The number of imidazole rings is 1. The lowest BCUT2D eigenvalue weighted by atomic mass is 10.1. The summed E-state index contributed by atoms with van der Waals surface area (Å²) in [6.45, 7) is 5.26. The molecular weight excluding hydrogens is 350 g/mol. The lowest BCUT2D eigenvalue weighted by Gasteiger charge is -2.10. The zero-order valence-corrected chi connectivity index (χ0v) is 16.5. The monoisotopic (exact) mass is 377 g/mol. The van der Waals surface area contributed by atoms with Crippen LogP contribution >= 0.6 is 0 Å². The molecule has 5 heteroatoms. The van der Waals surface area contributed by atoms with Crippen molar-refractivity contribution >= 4 is 5.91 Å². The van der Waals surface area contributed by atoms with Crippen LogP contribution in [0.25, 0.3) is 5.69 Å². The van der Waals surface area contributed by atoms with Gasteiger partial charge in [0.15, 0.2) is 0 Å². The van der Waals surface area contributed by atoms with Crippen LogP contribution in [0.2, 0.25) is 0 Å². The third-order valence-corrected chi connectivity index (χ3v) is 4.60. The molecule has 0 aliphatic heterocycles. The highest BCUT2D eigenvalue weighted by atomic mass is 16.5. The molecule has 1 aromatic heterocycles. The molecule has 1 N–H and O–H groups in total. The summed E-state index contributed by atoms with van der Waals surface area (Å²) in [5.74, 6) is 1.00. The summed E-state index contributed by atoms with van der Waals surface area (Å²) in [5.41, 5.74) is 4.43. The van der Waals surface area contributed by atoms with Crippen LogP contribution in [-0.4, -0.2) is 22.1 Å². The van der Waals surface area contributed by atoms with Crippen molar-refractivity contribution in [3.05, 3.63) is 77.9 Å². The average Bonchev–Trinajstić information content (AvgIpc) is 3.24. The predicted molar refractivity (Wildman–Crippen MR) is 111 cm³/mol. The van der Waals surface area contributed by atoms with Gasteiger partial charge in [-0.05, 0) is 61.6 Å². The van der Waals surface area contributed by atoms with Crippen LogP contribution in [0.15, 0.2) is 61.2 Å². The molecule has 0 radical (unpaired) electrons. The van der Waals surface area contributed by atoms with Gasteiger partial charge in [0.2, 0.25) is 5.91 Å². The minimum Gasteiger partial charge on any atom is -0.493 e. The van der Waals surface area contributed by atoms with Crippen LogP contribution in [0.3, 0.4) is 0 Å². The summed E-state index contributed by atoms with van der Waals surface area (Å²) in [6, 6.07) is 14.3. The van der Waals surface area contributed by atoms with E-state index in [4.69, 9.17) is 4.74 Å². The zero-order valence-electron chi connectivity index (χ0n) is 16.5. The Balaban J connectivity index is 1.36. The lowest BCUT2D eigenvalue weighted by molar-refractivity contribution is -0.121. The van der Waals surface area contributed by atoms with E-state index in [1.807, 2.05) is 35.9 Å². The fourth-order valence-corrected chi connectivity index (χ4v) is 2.96. The van der Waals surface area contributed by atoms with E-state index in [2.05, 4.69) is 41.5 Å². The molecule has 1 amide bonds. The predicted octanol–water partition coefficient (Wildman–Crippen LogP) is 4.35. The van der Waals surface area contributed by atoms with Gasteiger partial charge in [-0.2, -0.15) is 0 Å². The molecule has 0 saturated heterocycles. The third-order valence-electron chi connectivity index (χ3n) is 4.60. The highest BCUT2D eigenvalue weighted by molar-refractivity contribution is 5.75. The summed E-state index contributed by atoms with van der Waals surface area (Å²) < 4.78 is 7.78. The van der Waals surface area contributed by atoms with Crippen molar-refractivity contribution in [2.75, 3.05) is 6.61 Å². The number of unbranched alkanes of at least 4 members (excludes halogenated alkanes) is 1. The van der Waals surface area contributed by atoms with Gasteiger partial charge in [-0.15, -0.1) is 0 Å². The molecule has 3 aromatic rings. The smallest absolute Gasteiger partial charge is 0.220 e. The van der Waals surface area contributed by atoms with Crippen LogP contribution < -0.4 is 10.1 Å². The second-order valence-electron chi connectivity index (χ2n) is 6.99. The molecule has 28 heavy (non-hydrogen) atoms. The maximum Gasteiger partial charge on any atom is 0.220 e. The molecular formula is C23H27N3O2. The van der Waals surface area contributed by atoms with E-state index in [1.54, 1.807) is 12.5 Å². The number of nitrogens with zero attached hydrogens (tertiary/aromatic N) is 2. The number of ether oxygens (including phenoxy) is 1. The molecule has 2 aromatic carbocycles. The molecule has 0 saturated carbocycles. The quantitative estimate of drug-likeness (QED) is 0.564. The minimum atomic E-state index is 0.0692. The molecule has 0 fully saturated rings. The first-order chi connectivity index (χ1) is 13.6. The van der Waals surface area contributed by atoms with Crippen LogP contribution in [0.1, 0.15) is 36.0 Å². The van der Waals surface area contributed by atoms with Crippen molar-refractivity contribution in [1.82, 2.24) is 14.9 Å². The number of aryl methyl sites for hydroxylation is 2. The molecule has 0 unspecified atom stereocenters. The van der Waals surface area contributed by atoms with E-state index in [0.29, 0.717) is 19.6 Å². The van der Waals surface area contributed by atoms with Crippen molar-refractivity contribution < 1.29 is 9.53 Å². The molecule has 3 rings (SSSR count). The summed E-state index contributed by atoms with van der Waals surface area (Å²) in [4.78, 5) is 16.2. The van der Waals surface area contributed by atoms with Crippen molar-refractivity contribution in [3.8, 4) is 11.4 Å². The zero-order chi connectivity index (χ0) is 19.8.